The Morgan fingerprint density at radius 3 is 2.29 bits per heavy atom. The molecule has 1 aliphatic heterocycles. The van der Waals surface area contributed by atoms with E-state index in [1.54, 1.807) is 47.4 Å². The van der Waals surface area contributed by atoms with Gasteiger partial charge in [-0.3, -0.25) is 14.5 Å². The number of benzene rings is 1. The summed E-state index contributed by atoms with van der Waals surface area (Å²) in [6.07, 6.45) is 5.56. The SMILES string of the molecule is COC(=O)/C(=C\CC(C)(C)CN1C(=O)c2ccccc2C1=O)c1cn(C)cn1. The molecule has 1 aromatic heterocycles. The van der Waals surface area contributed by atoms with Crippen LogP contribution >= 0.6 is 0 Å². The quantitative estimate of drug-likeness (QED) is 0.437. The maximum Gasteiger partial charge on any atom is 0.339 e. The zero-order valence-electron chi connectivity index (χ0n) is 16.4. The minimum Gasteiger partial charge on any atom is -0.465 e. The zero-order chi connectivity index (χ0) is 20.5. The molecule has 7 nitrogen and oxygen atoms in total. The predicted octanol–water partition coefficient (Wildman–Crippen LogP) is 2.69. The molecule has 0 spiro atoms. The number of imidazole rings is 1. The number of rotatable bonds is 6. The van der Waals surface area contributed by atoms with Gasteiger partial charge >= 0.3 is 5.97 Å². The normalized spacial score (nSPS) is 14.4. The largest absolute Gasteiger partial charge is 0.465 e. The topological polar surface area (TPSA) is 81.5 Å². The molecule has 0 unspecified atom stereocenters. The van der Waals surface area contributed by atoms with Crippen molar-refractivity contribution in [3.8, 4) is 0 Å². The molecule has 0 radical (unpaired) electrons. The number of carbonyl (C=O) groups excluding carboxylic acids is 3. The molecular weight excluding hydrogens is 358 g/mol. The molecule has 2 aromatic rings. The van der Waals surface area contributed by atoms with Gasteiger partial charge in [-0.25, -0.2) is 9.78 Å². The van der Waals surface area contributed by atoms with Crippen molar-refractivity contribution < 1.29 is 19.1 Å². The van der Waals surface area contributed by atoms with E-state index in [-0.39, 0.29) is 18.4 Å². The molecule has 0 saturated heterocycles. The summed E-state index contributed by atoms with van der Waals surface area (Å²) in [4.78, 5) is 42.9. The molecule has 1 aliphatic rings. The Morgan fingerprint density at radius 1 is 1.18 bits per heavy atom. The van der Waals surface area contributed by atoms with E-state index in [4.69, 9.17) is 4.74 Å². The zero-order valence-corrected chi connectivity index (χ0v) is 16.4. The second-order valence-corrected chi connectivity index (χ2v) is 7.64. The van der Waals surface area contributed by atoms with Gasteiger partial charge in [0, 0.05) is 19.8 Å². The van der Waals surface area contributed by atoms with Gasteiger partial charge in [0.25, 0.3) is 11.8 Å². The van der Waals surface area contributed by atoms with Crippen LogP contribution < -0.4 is 0 Å². The molecule has 2 heterocycles. The molecule has 0 aliphatic carbocycles. The van der Waals surface area contributed by atoms with Gasteiger partial charge in [0.2, 0.25) is 0 Å². The molecule has 2 amide bonds. The van der Waals surface area contributed by atoms with Crippen LogP contribution in [0.3, 0.4) is 0 Å². The second-order valence-electron chi connectivity index (χ2n) is 7.64. The van der Waals surface area contributed by atoms with Crippen LogP contribution in [0.25, 0.3) is 5.57 Å². The molecule has 0 N–H and O–H groups in total. The first-order chi connectivity index (χ1) is 13.2. The first kappa shape index (κ1) is 19.5. The minimum atomic E-state index is -0.477. The fourth-order valence-corrected chi connectivity index (χ4v) is 3.21. The number of fused-ring (bicyclic) bond motifs is 1. The molecule has 28 heavy (non-hydrogen) atoms. The molecule has 0 atom stereocenters. The summed E-state index contributed by atoms with van der Waals surface area (Å²) in [6, 6.07) is 6.82. The van der Waals surface area contributed by atoms with E-state index >= 15 is 0 Å². The number of methoxy groups -OCH3 is 1. The van der Waals surface area contributed by atoms with Crippen LogP contribution in [0.1, 0.15) is 46.7 Å². The Hall–Kier alpha value is -3.22. The van der Waals surface area contributed by atoms with Crippen molar-refractivity contribution in [2.45, 2.75) is 20.3 Å². The van der Waals surface area contributed by atoms with E-state index < -0.39 is 11.4 Å². The Labute approximate surface area is 163 Å². The molecule has 7 heteroatoms. The first-order valence-electron chi connectivity index (χ1n) is 8.95. The van der Waals surface area contributed by atoms with Gasteiger partial charge in [0.1, 0.15) is 0 Å². The van der Waals surface area contributed by atoms with E-state index in [9.17, 15) is 14.4 Å². The van der Waals surface area contributed by atoms with Crippen LogP contribution in [0.15, 0.2) is 42.9 Å². The molecule has 146 valence electrons. The van der Waals surface area contributed by atoms with E-state index in [0.29, 0.717) is 28.8 Å². The maximum absolute atomic E-state index is 12.6. The summed E-state index contributed by atoms with van der Waals surface area (Å²) >= 11 is 0. The van der Waals surface area contributed by atoms with E-state index in [2.05, 4.69) is 4.98 Å². The molecule has 0 fully saturated rings. The summed E-state index contributed by atoms with van der Waals surface area (Å²) < 4.78 is 6.62. The van der Waals surface area contributed by atoms with Gasteiger partial charge in [-0.05, 0) is 24.0 Å². The highest BCUT2D eigenvalue weighted by Crippen LogP contribution is 2.30. The van der Waals surface area contributed by atoms with Crippen LogP contribution in [0, 0.1) is 5.41 Å². The number of amides is 2. The van der Waals surface area contributed by atoms with Gasteiger partial charge in [-0.15, -0.1) is 0 Å². The van der Waals surface area contributed by atoms with Crippen molar-refractivity contribution in [2.75, 3.05) is 13.7 Å². The van der Waals surface area contributed by atoms with Crippen molar-refractivity contribution in [3.63, 3.8) is 0 Å². The predicted molar refractivity (Wildman–Crippen MR) is 103 cm³/mol. The van der Waals surface area contributed by atoms with E-state index in [1.807, 2.05) is 20.9 Å². The number of imide groups is 1. The number of esters is 1. The second kappa shape index (κ2) is 7.42. The van der Waals surface area contributed by atoms with Gasteiger partial charge in [0.05, 0.1) is 35.8 Å². The average Bonchev–Trinajstić information content (AvgIpc) is 3.19. The van der Waals surface area contributed by atoms with E-state index in [0.717, 1.165) is 0 Å². The smallest absolute Gasteiger partial charge is 0.339 e. The number of nitrogens with zero attached hydrogens (tertiary/aromatic N) is 3. The monoisotopic (exact) mass is 381 g/mol. The standard InChI is InChI=1S/C21H23N3O4/c1-21(2,10-9-16(20(27)28-4)17-11-23(3)13-22-17)12-24-18(25)14-7-5-6-8-15(14)19(24)26/h5-9,11,13H,10,12H2,1-4H3/b16-9-. The van der Waals surface area contributed by atoms with E-state index in [1.165, 1.54) is 12.0 Å². The molecule has 0 bridgehead atoms. The minimum absolute atomic E-state index is 0.243. The number of aromatic nitrogens is 2. The number of ether oxygens (including phenoxy) is 1. The third-order valence-corrected chi connectivity index (χ3v) is 4.71. The van der Waals surface area contributed by atoms with Gasteiger partial charge in [0.15, 0.2) is 0 Å². The molecule has 1 aromatic carbocycles. The number of hydrogen-bond acceptors (Lipinski definition) is 5. The van der Waals surface area contributed by atoms with Crippen molar-refractivity contribution in [3.05, 3.63) is 59.7 Å². The lowest BCUT2D eigenvalue weighted by Crippen LogP contribution is -2.38. The molecule has 0 saturated carbocycles. The first-order valence-corrected chi connectivity index (χ1v) is 8.95. The molecular formula is C21H23N3O4. The summed E-state index contributed by atoms with van der Waals surface area (Å²) in [5, 5.41) is 0. The van der Waals surface area contributed by atoms with Crippen LogP contribution in [0.4, 0.5) is 0 Å². The number of carbonyl (C=O) groups is 3. The lowest BCUT2D eigenvalue weighted by Gasteiger charge is -2.28. The summed E-state index contributed by atoms with van der Waals surface area (Å²) in [6.45, 7) is 4.13. The van der Waals surface area contributed by atoms with Crippen LogP contribution in [-0.2, 0) is 16.6 Å². The summed E-state index contributed by atoms with van der Waals surface area (Å²) in [5.74, 6) is -1.04. The summed E-state index contributed by atoms with van der Waals surface area (Å²) in [5.41, 5.74) is 1.30. The van der Waals surface area contributed by atoms with Gasteiger partial charge in [-0.2, -0.15) is 0 Å². The Kier molecular flexibility index (Phi) is 5.18. The number of aryl methyl sites for hydroxylation is 1. The van der Waals surface area contributed by atoms with Crippen LogP contribution in [-0.4, -0.2) is 45.9 Å². The number of hydrogen-bond donors (Lipinski definition) is 0. The summed E-state index contributed by atoms with van der Waals surface area (Å²) in [7, 11) is 3.14. The van der Waals surface area contributed by atoms with Crippen molar-refractivity contribution in [1.82, 2.24) is 14.5 Å². The Bertz CT molecular complexity index is 937. The van der Waals surface area contributed by atoms with Crippen LogP contribution in [0.5, 0.6) is 0 Å². The van der Waals surface area contributed by atoms with Gasteiger partial charge < -0.3 is 9.30 Å². The highest BCUT2D eigenvalue weighted by molar-refractivity contribution is 6.21. The fraction of sp³-hybridized carbons (Fsp3) is 0.333. The van der Waals surface area contributed by atoms with Crippen molar-refractivity contribution in [2.24, 2.45) is 12.5 Å². The number of allylic oxidation sites excluding steroid dienone is 1. The molecule has 3 rings (SSSR count). The third kappa shape index (κ3) is 3.74. The maximum atomic E-state index is 12.6. The Balaban J connectivity index is 1.79. The highest BCUT2D eigenvalue weighted by atomic mass is 16.5. The highest BCUT2D eigenvalue weighted by Gasteiger charge is 2.38. The third-order valence-electron chi connectivity index (χ3n) is 4.71. The van der Waals surface area contributed by atoms with Crippen molar-refractivity contribution in [1.29, 1.82) is 0 Å². The van der Waals surface area contributed by atoms with Crippen molar-refractivity contribution >= 4 is 23.4 Å². The lowest BCUT2D eigenvalue weighted by molar-refractivity contribution is -0.133. The Morgan fingerprint density at radius 2 is 1.79 bits per heavy atom. The lowest BCUT2D eigenvalue weighted by atomic mass is 9.87. The average molecular weight is 381 g/mol. The van der Waals surface area contributed by atoms with Crippen LogP contribution in [0.2, 0.25) is 0 Å². The fourth-order valence-electron chi connectivity index (χ4n) is 3.21. The van der Waals surface area contributed by atoms with Gasteiger partial charge in [-0.1, -0.05) is 32.1 Å².